The van der Waals surface area contributed by atoms with E-state index in [0.29, 0.717) is 5.69 Å². The van der Waals surface area contributed by atoms with Gasteiger partial charge in [0, 0.05) is 12.4 Å². The van der Waals surface area contributed by atoms with Crippen LogP contribution in [-0.2, 0) is 16.8 Å². The summed E-state index contributed by atoms with van der Waals surface area (Å²) in [5.74, 6) is 0.0329. The summed E-state index contributed by atoms with van der Waals surface area (Å²) in [6, 6.07) is 1.67. The normalized spacial score (nSPS) is 16.1. The number of aromatic nitrogens is 2. The number of hydrazone groups is 1. The fraction of sp³-hybridized carbons (Fsp3) is 0.111. The average molecular weight is 262 g/mol. The highest BCUT2D eigenvalue weighted by Gasteiger charge is 2.24. The lowest BCUT2D eigenvalue weighted by atomic mass is 10.3. The fourth-order valence-corrected chi connectivity index (χ4v) is 1.75. The first-order valence-corrected chi connectivity index (χ1v) is 5.80. The van der Waals surface area contributed by atoms with Crippen LogP contribution < -0.4 is 5.43 Å². The molecule has 2 rings (SSSR count). The molecule has 1 N–H and O–H groups in total. The van der Waals surface area contributed by atoms with E-state index in [9.17, 15) is 8.42 Å². The molecule has 0 saturated heterocycles. The van der Waals surface area contributed by atoms with Gasteiger partial charge >= 0.3 is 0 Å². The van der Waals surface area contributed by atoms with Crippen molar-refractivity contribution in [2.24, 2.45) is 10.1 Å². The van der Waals surface area contributed by atoms with Gasteiger partial charge in [0.15, 0.2) is 16.4 Å². The van der Waals surface area contributed by atoms with Crippen molar-refractivity contribution >= 4 is 26.7 Å². The molecule has 1 aliphatic rings. The molecule has 0 bridgehead atoms. The Hall–Kier alpha value is -2.60. The zero-order chi connectivity index (χ0) is 13.0. The molecule has 18 heavy (non-hydrogen) atoms. The van der Waals surface area contributed by atoms with E-state index in [2.05, 4.69) is 25.5 Å². The molecule has 2 heterocycles. The Bertz CT molecular complexity index is 690. The van der Waals surface area contributed by atoms with Crippen LogP contribution in [0.1, 0.15) is 5.69 Å². The number of nitrogens with one attached hydrogen (secondary N) is 1. The fourth-order valence-electron chi connectivity index (χ4n) is 1.24. The summed E-state index contributed by atoms with van der Waals surface area (Å²) < 4.78 is 21.9. The Labute approximate surface area is 103 Å². The molecule has 0 atom stereocenters. The van der Waals surface area contributed by atoms with Crippen LogP contribution in [0.4, 0.5) is 0 Å². The second-order valence-electron chi connectivity index (χ2n) is 3.11. The number of aliphatic imine (C=N–C) groups is 1. The van der Waals surface area contributed by atoms with Crippen molar-refractivity contribution in [3.05, 3.63) is 24.3 Å². The van der Waals surface area contributed by atoms with Crippen molar-refractivity contribution in [1.29, 1.82) is 5.26 Å². The predicted molar refractivity (Wildman–Crippen MR) is 63.3 cm³/mol. The SMILES string of the molecule is N#CC1=NNC(=NCc2cnccn2)C1=S(=O)=O. The number of hydrogen-bond donors (Lipinski definition) is 1. The van der Waals surface area contributed by atoms with Crippen molar-refractivity contribution in [3.63, 3.8) is 0 Å². The third-order valence-electron chi connectivity index (χ3n) is 1.99. The summed E-state index contributed by atoms with van der Waals surface area (Å²) in [5.41, 5.74) is 2.77. The van der Waals surface area contributed by atoms with Crippen LogP contribution in [0.2, 0.25) is 0 Å². The lowest BCUT2D eigenvalue weighted by Gasteiger charge is -1.96. The quantitative estimate of drug-likeness (QED) is 0.676. The number of nitriles is 1. The summed E-state index contributed by atoms with van der Waals surface area (Å²) in [4.78, 5) is 11.6. The minimum atomic E-state index is -2.57. The second-order valence-corrected chi connectivity index (χ2v) is 3.99. The highest BCUT2D eigenvalue weighted by molar-refractivity contribution is 7.77. The van der Waals surface area contributed by atoms with Crippen molar-refractivity contribution in [2.75, 3.05) is 0 Å². The minimum Gasteiger partial charge on any atom is -0.261 e. The van der Waals surface area contributed by atoms with Crippen LogP contribution in [0, 0.1) is 11.3 Å². The van der Waals surface area contributed by atoms with Crippen molar-refractivity contribution in [2.45, 2.75) is 6.54 Å². The molecular weight excluding hydrogens is 256 g/mol. The van der Waals surface area contributed by atoms with Gasteiger partial charge in [-0.1, -0.05) is 0 Å². The first-order valence-electron chi connectivity index (χ1n) is 4.72. The molecule has 0 saturated carbocycles. The van der Waals surface area contributed by atoms with Crippen LogP contribution in [0.15, 0.2) is 28.7 Å². The first-order chi connectivity index (χ1) is 8.72. The standard InChI is InChI=1S/C9H6N6O2S/c10-3-7-8(18(16)17)9(15-14-7)13-5-6-4-11-1-2-12-6/h1-2,4H,5H2,(H,13,15). The van der Waals surface area contributed by atoms with E-state index in [4.69, 9.17) is 5.26 Å². The van der Waals surface area contributed by atoms with Crippen molar-refractivity contribution in [3.8, 4) is 6.07 Å². The molecule has 0 spiro atoms. The summed E-state index contributed by atoms with van der Waals surface area (Å²) in [6.07, 6.45) is 4.54. The van der Waals surface area contributed by atoms with Gasteiger partial charge < -0.3 is 0 Å². The molecule has 1 aromatic rings. The van der Waals surface area contributed by atoms with E-state index >= 15 is 0 Å². The van der Waals surface area contributed by atoms with Gasteiger partial charge in [-0.25, -0.2) is 0 Å². The Morgan fingerprint density at radius 1 is 1.44 bits per heavy atom. The molecule has 0 unspecified atom stereocenters. The monoisotopic (exact) mass is 262 g/mol. The molecule has 90 valence electrons. The Balaban J connectivity index is 2.27. The van der Waals surface area contributed by atoms with Gasteiger partial charge in [0.05, 0.1) is 18.4 Å². The highest BCUT2D eigenvalue weighted by atomic mass is 32.2. The summed E-state index contributed by atoms with van der Waals surface area (Å²) in [5, 5.41) is 12.3. The number of hydrogen-bond acceptors (Lipinski definition) is 7. The van der Waals surface area contributed by atoms with Gasteiger partial charge in [-0.05, 0) is 0 Å². The minimum absolute atomic E-state index is 0.0329. The maximum absolute atomic E-state index is 11.0. The molecule has 0 radical (unpaired) electrons. The van der Waals surface area contributed by atoms with E-state index in [1.54, 1.807) is 6.07 Å². The Morgan fingerprint density at radius 2 is 2.28 bits per heavy atom. The van der Waals surface area contributed by atoms with Crippen LogP contribution in [0.25, 0.3) is 0 Å². The third kappa shape index (κ3) is 2.38. The molecule has 8 nitrogen and oxygen atoms in total. The number of amidine groups is 1. The van der Waals surface area contributed by atoms with Gasteiger partial charge in [-0.15, -0.1) is 0 Å². The largest absolute Gasteiger partial charge is 0.261 e. The molecular formula is C9H6N6O2S. The van der Waals surface area contributed by atoms with Crippen LogP contribution >= 0.6 is 0 Å². The molecule has 1 aromatic heterocycles. The maximum Gasteiger partial charge on any atom is 0.228 e. The Morgan fingerprint density at radius 3 is 2.89 bits per heavy atom. The summed E-state index contributed by atoms with van der Waals surface area (Å²) in [7, 11) is -2.57. The molecule has 9 heteroatoms. The van der Waals surface area contributed by atoms with Crippen molar-refractivity contribution < 1.29 is 8.42 Å². The lowest BCUT2D eigenvalue weighted by Crippen LogP contribution is -2.24. The number of rotatable bonds is 2. The highest BCUT2D eigenvalue weighted by Crippen LogP contribution is 1.98. The lowest BCUT2D eigenvalue weighted by molar-refractivity contribution is 0.627. The Kier molecular flexibility index (Phi) is 3.40. The molecule has 0 aromatic carbocycles. The van der Waals surface area contributed by atoms with E-state index in [0.717, 1.165) is 0 Å². The smallest absolute Gasteiger partial charge is 0.228 e. The van der Waals surface area contributed by atoms with E-state index in [1.165, 1.54) is 18.6 Å². The predicted octanol–water partition coefficient (Wildman–Crippen LogP) is -1.09. The van der Waals surface area contributed by atoms with Crippen molar-refractivity contribution in [1.82, 2.24) is 15.4 Å². The van der Waals surface area contributed by atoms with E-state index in [1.807, 2.05) is 0 Å². The third-order valence-corrected chi connectivity index (χ3v) is 2.71. The second kappa shape index (κ2) is 5.15. The van der Waals surface area contributed by atoms with Crippen LogP contribution in [0.3, 0.4) is 0 Å². The summed E-state index contributed by atoms with van der Waals surface area (Å²) >= 11 is 0. The summed E-state index contributed by atoms with van der Waals surface area (Å²) in [6.45, 7) is 0.144. The average Bonchev–Trinajstić information content (AvgIpc) is 2.80. The number of nitrogens with zero attached hydrogens (tertiary/aromatic N) is 5. The molecule has 0 fully saturated rings. The van der Waals surface area contributed by atoms with Gasteiger partial charge in [-0.2, -0.15) is 18.8 Å². The van der Waals surface area contributed by atoms with E-state index < -0.39 is 10.3 Å². The van der Waals surface area contributed by atoms with Gasteiger partial charge in [0.25, 0.3) is 0 Å². The van der Waals surface area contributed by atoms with Gasteiger partial charge in [0.2, 0.25) is 10.3 Å². The zero-order valence-corrected chi connectivity index (χ0v) is 9.72. The van der Waals surface area contributed by atoms with Gasteiger partial charge in [-0.3, -0.25) is 20.4 Å². The molecule has 0 aliphatic carbocycles. The first kappa shape index (κ1) is 11.9. The van der Waals surface area contributed by atoms with Crippen LogP contribution in [-0.4, -0.2) is 34.8 Å². The molecule has 1 aliphatic heterocycles. The molecule has 0 amide bonds. The van der Waals surface area contributed by atoms with Crippen LogP contribution in [0.5, 0.6) is 0 Å². The topological polar surface area (TPSA) is 120 Å². The maximum atomic E-state index is 11.0. The van der Waals surface area contributed by atoms with E-state index in [-0.39, 0.29) is 23.0 Å². The van der Waals surface area contributed by atoms with Gasteiger partial charge in [0.1, 0.15) is 6.07 Å². The zero-order valence-electron chi connectivity index (χ0n) is 8.90.